The van der Waals surface area contributed by atoms with E-state index in [2.05, 4.69) is 27.4 Å². The lowest BCUT2D eigenvalue weighted by atomic mass is 10.00. The molecule has 7 nitrogen and oxygen atoms in total. The largest absolute Gasteiger partial charge is 0.353 e. The summed E-state index contributed by atoms with van der Waals surface area (Å²) in [4.78, 5) is 21.9. The summed E-state index contributed by atoms with van der Waals surface area (Å²) in [6.07, 6.45) is 2.21. The van der Waals surface area contributed by atoms with E-state index in [1.54, 1.807) is 0 Å². The topological polar surface area (TPSA) is 84.2 Å². The summed E-state index contributed by atoms with van der Waals surface area (Å²) in [5, 5.41) is 15.0. The molecule has 0 saturated carbocycles. The average Bonchev–Trinajstić information content (AvgIpc) is 2.69. The Morgan fingerprint density at radius 2 is 1.89 bits per heavy atom. The first kappa shape index (κ1) is 17.9. The van der Waals surface area contributed by atoms with E-state index in [9.17, 15) is 10.1 Å². The molecular formula is C21H21N5O2. The Morgan fingerprint density at radius 1 is 1.11 bits per heavy atom. The van der Waals surface area contributed by atoms with Crippen molar-refractivity contribution in [3.05, 3.63) is 81.2 Å². The molecule has 0 fully saturated rings. The molecule has 3 aromatic rings. The smallest absolute Gasteiger partial charge is 0.346 e. The van der Waals surface area contributed by atoms with E-state index < -0.39 is 4.92 Å². The highest BCUT2D eigenvalue weighted by Gasteiger charge is 2.29. The van der Waals surface area contributed by atoms with Gasteiger partial charge in [-0.15, -0.1) is 0 Å². The molecule has 142 valence electrons. The zero-order chi connectivity index (χ0) is 19.7. The van der Waals surface area contributed by atoms with Gasteiger partial charge in [0.15, 0.2) is 0 Å². The Bertz CT molecular complexity index is 1050. The van der Waals surface area contributed by atoms with Crippen molar-refractivity contribution >= 4 is 23.0 Å². The zero-order valence-corrected chi connectivity index (χ0v) is 15.8. The maximum Gasteiger partial charge on any atom is 0.353 e. The molecule has 0 radical (unpaired) electrons. The Hall–Kier alpha value is -3.48. The first-order valence-electron chi connectivity index (χ1n) is 9.18. The maximum atomic E-state index is 11.9. The number of nitro groups is 1. The monoisotopic (exact) mass is 375 g/mol. The fraction of sp³-hybridized carbons (Fsp3) is 0.238. The van der Waals surface area contributed by atoms with Gasteiger partial charge in [-0.2, -0.15) is 0 Å². The predicted octanol–water partition coefficient (Wildman–Crippen LogP) is 4.31. The Kier molecular flexibility index (Phi) is 4.65. The van der Waals surface area contributed by atoms with E-state index >= 15 is 0 Å². The van der Waals surface area contributed by atoms with Crippen LogP contribution in [0.25, 0.3) is 0 Å². The van der Waals surface area contributed by atoms with Crippen molar-refractivity contribution in [2.75, 3.05) is 16.8 Å². The zero-order valence-electron chi connectivity index (χ0n) is 15.8. The molecule has 0 saturated heterocycles. The molecule has 4 rings (SSSR count). The number of hydrogen-bond donors (Lipinski definition) is 1. The number of benzene rings is 2. The first-order valence-corrected chi connectivity index (χ1v) is 9.18. The lowest BCUT2D eigenvalue weighted by molar-refractivity contribution is -0.383. The highest BCUT2D eigenvalue weighted by Crippen LogP contribution is 2.36. The summed E-state index contributed by atoms with van der Waals surface area (Å²) in [7, 11) is 0. The van der Waals surface area contributed by atoms with E-state index in [1.165, 1.54) is 17.5 Å². The molecule has 1 aromatic heterocycles. The van der Waals surface area contributed by atoms with Crippen LogP contribution in [-0.2, 0) is 13.0 Å². The van der Waals surface area contributed by atoms with Crippen LogP contribution in [0.4, 0.5) is 23.0 Å². The molecule has 2 heterocycles. The second-order valence-corrected chi connectivity index (χ2v) is 7.04. The molecule has 0 amide bonds. The quantitative estimate of drug-likeness (QED) is 0.540. The molecule has 2 aromatic carbocycles. The first-order chi connectivity index (χ1) is 13.5. The molecule has 0 spiro atoms. The van der Waals surface area contributed by atoms with Crippen LogP contribution in [0.15, 0.2) is 48.8 Å². The van der Waals surface area contributed by atoms with E-state index in [-0.39, 0.29) is 11.5 Å². The second kappa shape index (κ2) is 7.26. The molecule has 1 N–H and O–H groups in total. The molecular weight excluding hydrogens is 354 g/mol. The standard InChI is InChI=1S/C21H21N5O2/c1-14-7-8-18(15(2)11-14)24-20-19(26(27)28)21(23-13-22-20)25-10-9-16-5-3-4-6-17(16)12-25/h3-8,11,13H,9-10,12H2,1-2H3,(H,22,23,24). The number of anilines is 3. The number of nitrogens with one attached hydrogen (secondary N) is 1. The van der Waals surface area contributed by atoms with Crippen LogP contribution < -0.4 is 10.2 Å². The van der Waals surface area contributed by atoms with E-state index in [1.807, 2.05) is 49.1 Å². The van der Waals surface area contributed by atoms with Gasteiger partial charge in [0, 0.05) is 18.8 Å². The molecule has 7 heteroatoms. The van der Waals surface area contributed by atoms with Crippen LogP contribution >= 0.6 is 0 Å². The van der Waals surface area contributed by atoms with Crippen LogP contribution in [-0.4, -0.2) is 21.4 Å². The van der Waals surface area contributed by atoms with Gasteiger partial charge in [-0.05, 0) is 43.0 Å². The Labute approximate surface area is 163 Å². The summed E-state index contributed by atoms with van der Waals surface area (Å²) in [5.41, 5.74) is 5.29. The SMILES string of the molecule is Cc1ccc(Nc2ncnc(N3CCc4ccccc4C3)c2[N+](=O)[O-])c(C)c1. The van der Waals surface area contributed by atoms with Gasteiger partial charge in [0.1, 0.15) is 6.33 Å². The molecule has 0 atom stereocenters. The van der Waals surface area contributed by atoms with Gasteiger partial charge < -0.3 is 10.2 Å². The van der Waals surface area contributed by atoms with Gasteiger partial charge in [0.05, 0.1) is 4.92 Å². The van der Waals surface area contributed by atoms with Crippen molar-refractivity contribution in [2.45, 2.75) is 26.8 Å². The van der Waals surface area contributed by atoms with Gasteiger partial charge in [-0.25, -0.2) is 9.97 Å². The summed E-state index contributed by atoms with van der Waals surface area (Å²) >= 11 is 0. The summed E-state index contributed by atoms with van der Waals surface area (Å²) < 4.78 is 0. The van der Waals surface area contributed by atoms with Crippen LogP contribution in [0.3, 0.4) is 0 Å². The van der Waals surface area contributed by atoms with Crippen LogP contribution in [0.2, 0.25) is 0 Å². The van der Waals surface area contributed by atoms with Crippen molar-refractivity contribution in [3.63, 3.8) is 0 Å². The summed E-state index contributed by atoms with van der Waals surface area (Å²) in [6.45, 7) is 5.25. The van der Waals surface area contributed by atoms with Crippen molar-refractivity contribution in [3.8, 4) is 0 Å². The summed E-state index contributed by atoms with van der Waals surface area (Å²) in [6, 6.07) is 14.1. The molecule has 0 aliphatic carbocycles. The number of aromatic nitrogens is 2. The van der Waals surface area contributed by atoms with Crippen LogP contribution in [0, 0.1) is 24.0 Å². The lowest BCUT2D eigenvalue weighted by Crippen LogP contribution is -2.31. The number of aryl methyl sites for hydroxylation is 2. The van der Waals surface area contributed by atoms with Crippen molar-refractivity contribution in [1.29, 1.82) is 0 Å². The second-order valence-electron chi connectivity index (χ2n) is 7.04. The minimum Gasteiger partial charge on any atom is -0.346 e. The lowest BCUT2D eigenvalue weighted by Gasteiger charge is -2.29. The number of fused-ring (bicyclic) bond motifs is 1. The Balaban J connectivity index is 1.71. The minimum absolute atomic E-state index is 0.0955. The molecule has 1 aliphatic heterocycles. The average molecular weight is 375 g/mol. The molecule has 0 unspecified atom stereocenters. The molecule has 28 heavy (non-hydrogen) atoms. The number of nitrogens with zero attached hydrogens (tertiary/aromatic N) is 4. The third-order valence-electron chi connectivity index (χ3n) is 5.05. The third kappa shape index (κ3) is 3.38. The van der Waals surface area contributed by atoms with E-state index in [4.69, 9.17) is 0 Å². The highest BCUT2D eigenvalue weighted by molar-refractivity contribution is 5.75. The van der Waals surface area contributed by atoms with Crippen molar-refractivity contribution in [2.24, 2.45) is 0 Å². The maximum absolute atomic E-state index is 11.9. The van der Waals surface area contributed by atoms with Gasteiger partial charge in [-0.3, -0.25) is 10.1 Å². The number of hydrogen-bond acceptors (Lipinski definition) is 6. The highest BCUT2D eigenvalue weighted by atomic mass is 16.6. The van der Waals surface area contributed by atoms with Gasteiger partial charge in [-0.1, -0.05) is 42.0 Å². The van der Waals surface area contributed by atoms with Crippen molar-refractivity contribution < 1.29 is 4.92 Å². The fourth-order valence-corrected chi connectivity index (χ4v) is 3.62. The van der Waals surface area contributed by atoms with Crippen LogP contribution in [0.1, 0.15) is 22.3 Å². The van der Waals surface area contributed by atoms with Gasteiger partial charge >= 0.3 is 5.69 Å². The molecule has 1 aliphatic rings. The van der Waals surface area contributed by atoms with Gasteiger partial charge in [0.25, 0.3) is 0 Å². The normalized spacial score (nSPS) is 13.1. The Morgan fingerprint density at radius 3 is 2.64 bits per heavy atom. The number of rotatable bonds is 4. The third-order valence-corrected chi connectivity index (χ3v) is 5.05. The predicted molar refractivity (Wildman–Crippen MR) is 109 cm³/mol. The minimum atomic E-state index is -0.401. The van der Waals surface area contributed by atoms with E-state index in [0.717, 1.165) is 23.2 Å². The van der Waals surface area contributed by atoms with E-state index in [0.29, 0.717) is 18.9 Å². The van der Waals surface area contributed by atoms with Gasteiger partial charge in [0.2, 0.25) is 11.6 Å². The molecule has 0 bridgehead atoms. The van der Waals surface area contributed by atoms with Crippen LogP contribution in [0.5, 0.6) is 0 Å². The fourth-order valence-electron chi connectivity index (χ4n) is 3.62. The summed E-state index contributed by atoms with van der Waals surface area (Å²) in [5.74, 6) is 0.558. The van der Waals surface area contributed by atoms with Crippen molar-refractivity contribution in [1.82, 2.24) is 9.97 Å².